The van der Waals surface area contributed by atoms with Gasteiger partial charge in [-0.25, -0.2) is 4.98 Å². The average Bonchev–Trinajstić information content (AvgIpc) is 2.98. The molecule has 0 bridgehead atoms. The van der Waals surface area contributed by atoms with Crippen LogP contribution in [-0.2, 0) is 4.79 Å². The Labute approximate surface area is 137 Å². The van der Waals surface area contributed by atoms with Crippen molar-refractivity contribution in [3.05, 3.63) is 58.9 Å². The lowest BCUT2D eigenvalue weighted by Crippen LogP contribution is -2.06. The third kappa shape index (κ3) is 3.24. The summed E-state index contributed by atoms with van der Waals surface area (Å²) in [5.41, 5.74) is 2.14. The third-order valence-electron chi connectivity index (χ3n) is 3.48. The van der Waals surface area contributed by atoms with Crippen molar-refractivity contribution in [3.8, 4) is 17.0 Å². The minimum atomic E-state index is -0.446. The van der Waals surface area contributed by atoms with Crippen molar-refractivity contribution < 1.29 is 14.5 Å². The quantitative estimate of drug-likeness (QED) is 0.309. The molecule has 0 spiro atoms. The molecule has 2 heterocycles. The fourth-order valence-electron chi connectivity index (χ4n) is 2.31. The number of hydrogen-bond donors (Lipinski definition) is 0. The van der Waals surface area contributed by atoms with E-state index in [1.807, 2.05) is 6.92 Å². The van der Waals surface area contributed by atoms with Gasteiger partial charge in [0.05, 0.1) is 16.8 Å². The highest BCUT2D eigenvalue weighted by molar-refractivity contribution is 5.72. The first kappa shape index (κ1) is 15.7. The van der Waals surface area contributed by atoms with Crippen molar-refractivity contribution in [3.63, 3.8) is 0 Å². The zero-order valence-corrected chi connectivity index (χ0v) is 13.0. The van der Waals surface area contributed by atoms with E-state index in [1.54, 1.807) is 40.9 Å². The zero-order valence-electron chi connectivity index (χ0n) is 13.0. The summed E-state index contributed by atoms with van der Waals surface area (Å²) in [5, 5.41) is 10.8. The summed E-state index contributed by atoms with van der Waals surface area (Å²) in [6.45, 7) is 1.91. The number of imidazole rings is 1. The highest BCUT2D eigenvalue weighted by atomic mass is 16.6. The minimum Gasteiger partial charge on any atom is -0.427 e. The molecule has 0 aliphatic rings. The largest absolute Gasteiger partial charge is 0.427 e. The highest BCUT2D eigenvalue weighted by Gasteiger charge is 2.10. The van der Waals surface area contributed by atoms with E-state index >= 15 is 0 Å². The first-order valence-corrected chi connectivity index (χ1v) is 7.51. The van der Waals surface area contributed by atoms with Gasteiger partial charge >= 0.3 is 5.97 Å². The standard InChI is InChI=1S/C17H15N3O4/c1-2-3-17(21)24-14-7-4-12(5-8-14)15-11-19-10-13(20(22)23)6-9-16(19)18-15/h4-11H,2-3H2,1H3. The molecule has 7 heteroatoms. The minimum absolute atomic E-state index is 0.00429. The molecular formula is C17H15N3O4. The van der Waals surface area contributed by atoms with E-state index in [2.05, 4.69) is 4.98 Å². The van der Waals surface area contributed by atoms with Crippen LogP contribution in [0.3, 0.4) is 0 Å². The van der Waals surface area contributed by atoms with Gasteiger partial charge in [-0.2, -0.15) is 0 Å². The number of nitrogens with zero attached hydrogens (tertiary/aromatic N) is 3. The van der Waals surface area contributed by atoms with Crippen LogP contribution in [0.1, 0.15) is 19.8 Å². The second-order valence-electron chi connectivity index (χ2n) is 5.28. The fourth-order valence-corrected chi connectivity index (χ4v) is 2.31. The second-order valence-corrected chi connectivity index (χ2v) is 5.28. The number of pyridine rings is 1. The van der Waals surface area contributed by atoms with Crippen LogP contribution in [0.4, 0.5) is 5.69 Å². The maximum absolute atomic E-state index is 11.5. The van der Waals surface area contributed by atoms with Crippen molar-refractivity contribution in [2.24, 2.45) is 0 Å². The summed E-state index contributed by atoms with van der Waals surface area (Å²) in [5.74, 6) is 0.224. The van der Waals surface area contributed by atoms with E-state index in [9.17, 15) is 14.9 Å². The zero-order chi connectivity index (χ0) is 17.1. The fraction of sp³-hybridized carbons (Fsp3) is 0.176. The molecule has 122 valence electrons. The third-order valence-corrected chi connectivity index (χ3v) is 3.48. The van der Waals surface area contributed by atoms with E-state index in [0.717, 1.165) is 12.0 Å². The number of hydrogen-bond acceptors (Lipinski definition) is 5. The first-order chi connectivity index (χ1) is 11.6. The monoisotopic (exact) mass is 325 g/mol. The molecule has 0 saturated carbocycles. The number of esters is 1. The molecule has 0 atom stereocenters. The lowest BCUT2D eigenvalue weighted by molar-refractivity contribution is -0.385. The van der Waals surface area contributed by atoms with E-state index in [1.165, 1.54) is 12.3 Å². The van der Waals surface area contributed by atoms with Crippen LogP contribution in [0.5, 0.6) is 5.75 Å². The normalized spacial score (nSPS) is 10.7. The molecule has 0 N–H and O–H groups in total. The Balaban J connectivity index is 1.84. The van der Waals surface area contributed by atoms with Gasteiger partial charge in [0.25, 0.3) is 5.69 Å². The SMILES string of the molecule is CCCC(=O)Oc1ccc(-c2cn3cc([N+](=O)[O-])ccc3n2)cc1. The molecule has 0 unspecified atom stereocenters. The molecule has 0 radical (unpaired) electrons. The van der Waals surface area contributed by atoms with E-state index in [0.29, 0.717) is 23.5 Å². The lowest BCUT2D eigenvalue weighted by atomic mass is 10.1. The molecule has 24 heavy (non-hydrogen) atoms. The molecule has 3 aromatic rings. The van der Waals surface area contributed by atoms with Crippen LogP contribution in [0.25, 0.3) is 16.9 Å². The van der Waals surface area contributed by atoms with Gasteiger partial charge in [-0.3, -0.25) is 19.3 Å². The van der Waals surface area contributed by atoms with Gasteiger partial charge in [0, 0.05) is 24.2 Å². The van der Waals surface area contributed by atoms with Crippen molar-refractivity contribution in [1.82, 2.24) is 9.38 Å². The molecule has 7 nitrogen and oxygen atoms in total. The Kier molecular flexibility index (Phi) is 4.24. The predicted octanol–water partition coefficient (Wildman–Crippen LogP) is 3.62. The van der Waals surface area contributed by atoms with Crippen molar-refractivity contribution in [1.29, 1.82) is 0 Å². The van der Waals surface area contributed by atoms with Crippen LogP contribution >= 0.6 is 0 Å². The maximum atomic E-state index is 11.5. The first-order valence-electron chi connectivity index (χ1n) is 7.51. The number of benzene rings is 1. The topological polar surface area (TPSA) is 86.7 Å². The number of nitro groups is 1. The Morgan fingerprint density at radius 1 is 1.21 bits per heavy atom. The smallest absolute Gasteiger partial charge is 0.311 e. The number of aromatic nitrogens is 2. The molecule has 0 aliphatic carbocycles. The number of fused-ring (bicyclic) bond motifs is 1. The summed E-state index contributed by atoms with van der Waals surface area (Å²) in [6, 6.07) is 10.0. The van der Waals surface area contributed by atoms with E-state index in [4.69, 9.17) is 4.74 Å². The molecule has 1 aromatic carbocycles. The number of rotatable bonds is 5. The van der Waals surface area contributed by atoms with Gasteiger partial charge in [-0.1, -0.05) is 6.92 Å². The summed E-state index contributed by atoms with van der Waals surface area (Å²) in [4.78, 5) is 26.3. The Bertz CT molecular complexity index is 900. The van der Waals surface area contributed by atoms with Crippen LogP contribution in [0.2, 0.25) is 0 Å². The summed E-state index contributed by atoms with van der Waals surface area (Å²) >= 11 is 0. The molecule has 0 saturated heterocycles. The lowest BCUT2D eigenvalue weighted by Gasteiger charge is -2.03. The van der Waals surface area contributed by atoms with Crippen molar-refractivity contribution in [2.45, 2.75) is 19.8 Å². The van der Waals surface area contributed by atoms with Crippen LogP contribution < -0.4 is 4.74 Å². The molecule has 0 amide bonds. The Morgan fingerprint density at radius 3 is 2.62 bits per heavy atom. The summed E-state index contributed by atoms with van der Waals surface area (Å²) in [7, 11) is 0. The van der Waals surface area contributed by atoms with Gasteiger partial charge in [0.15, 0.2) is 0 Å². The Morgan fingerprint density at radius 2 is 1.96 bits per heavy atom. The number of ether oxygens (including phenoxy) is 1. The van der Waals surface area contributed by atoms with Gasteiger partial charge in [0.2, 0.25) is 0 Å². The van der Waals surface area contributed by atoms with Gasteiger partial charge in [0.1, 0.15) is 11.4 Å². The van der Waals surface area contributed by atoms with E-state index in [-0.39, 0.29) is 11.7 Å². The second kappa shape index (κ2) is 6.49. The van der Waals surface area contributed by atoms with Gasteiger partial charge in [-0.05, 0) is 36.8 Å². The molecule has 3 rings (SSSR count). The van der Waals surface area contributed by atoms with Gasteiger partial charge in [-0.15, -0.1) is 0 Å². The molecule has 2 aromatic heterocycles. The average molecular weight is 325 g/mol. The summed E-state index contributed by atoms with van der Waals surface area (Å²) in [6.07, 6.45) is 4.27. The predicted molar refractivity (Wildman–Crippen MR) is 87.8 cm³/mol. The van der Waals surface area contributed by atoms with Crippen molar-refractivity contribution >= 4 is 17.3 Å². The summed E-state index contributed by atoms with van der Waals surface area (Å²) < 4.78 is 6.82. The van der Waals surface area contributed by atoms with Crippen LogP contribution in [0, 0.1) is 10.1 Å². The number of carbonyl (C=O) groups is 1. The van der Waals surface area contributed by atoms with Crippen molar-refractivity contribution in [2.75, 3.05) is 0 Å². The maximum Gasteiger partial charge on any atom is 0.311 e. The molecule has 0 aliphatic heterocycles. The highest BCUT2D eigenvalue weighted by Crippen LogP contribution is 2.23. The number of carbonyl (C=O) groups excluding carboxylic acids is 1. The molecular weight excluding hydrogens is 310 g/mol. The Hall–Kier alpha value is -3.22. The van der Waals surface area contributed by atoms with Gasteiger partial charge < -0.3 is 4.74 Å². The van der Waals surface area contributed by atoms with Crippen LogP contribution in [-0.4, -0.2) is 20.3 Å². The van der Waals surface area contributed by atoms with Crippen LogP contribution in [0.15, 0.2) is 48.8 Å². The van der Waals surface area contributed by atoms with E-state index < -0.39 is 4.92 Å². The molecule has 0 fully saturated rings.